The van der Waals surface area contributed by atoms with E-state index in [1.807, 2.05) is 39.0 Å². The topological polar surface area (TPSA) is 93.2 Å². The number of amides is 3. The SMILES string of the molecule is O=C(CCCCCCCN(CC(=O)N1CCc2ccccc2C1)CC(=O)N1CCc2ccccc2C1)NO. The van der Waals surface area contributed by atoms with E-state index in [9.17, 15) is 14.4 Å². The van der Waals surface area contributed by atoms with Crippen LogP contribution < -0.4 is 5.48 Å². The van der Waals surface area contributed by atoms with Crippen molar-refractivity contribution in [3.8, 4) is 0 Å². The van der Waals surface area contributed by atoms with Gasteiger partial charge in [-0.05, 0) is 54.5 Å². The van der Waals surface area contributed by atoms with Gasteiger partial charge >= 0.3 is 0 Å². The lowest BCUT2D eigenvalue weighted by atomic mass is 10.00. The van der Waals surface area contributed by atoms with Crippen LogP contribution in [0.15, 0.2) is 48.5 Å². The van der Waals surface area contributed by atoms with Crippen LogP contribution in [0.25, 0.3) is 0 Å². The van der Waals surface area contributed by atoms with Crippen LogP contribution in [0.1, 0.15) is 60.8 Å². The van der Waals surface area contributed by atoms with E-state index in [-0.39, 0.29) is 30.8 Å². The summed E-state index contributed by atoms with van der Waals surface area (Å²) in [6, 6.07) is 16.6. The van der Waals surface area contributed by atoms with Crippen molar-refractivity contribution in [2.75, 3.05) is 32.7 Å². The second-order valence-corrected chi connectivity index (χ2v) is 10.4. The summed E-state index contributed by atoms with van der Waals surface area (Å²) in [5.74, 6) is -0.202. The van der Waals surface area contributed by atoms with Gasteiger partial charge in [0.2, 0.25) is 17.7 Å². The van der Waals surface area contributed by atoms with Crippen LogP contribution in [-0.2, 0) is 40.3 Å². The lowest BCUT2D eigenvalue weighted by Gasteiger charge is -2.33. The summed E-state index contributed by atoms with van der Waals surface area (Å²) in [6.45, 7) is 3.85. The highest BCUT2D eigenvalue weighted by Gasteiger charge is 2.26. The van der Waals surface area contributed by atoms with E-state index in [1.165, 1.54) is 22.3 Å². The summed E-state index contributed by atoms with van der Waals surface area (Å²) in [5, 5.41) is 8.60. The Bertz CT molecular complexity index is 1030. The normalized spacial score (nSPS) is 14.7. The zero-order valence-corrected chi connectivity index (χ0v) is 22.2. The number of benzene rings is 2. The highest BCUT2D eigenvalue weighted by atomic mass is 16.5. The molecule has 2 aromatic rings. The van der Waals surface area contributed by atoms with E-state index in [2.05, 4.69) is 24.3 Å². The fourth-order valence-corrected chi connectivity index (χ4v) is 5.42. The van der Waals surface area contributed by atoms with Crippen molar-refractivity contribution in [1.82, 2.24) is 20.2 Å². The first kappa shape index (κ1) is 27.8. The molecule has 0 aromatic heterocycles. The second-order valence-electron chi connectivity index (χ2n) is 10.4. The highest BCUT2D eigenvalue weighted by molar-refractivity contribution is 5.81. The molecule has 0 saturated carbocycles. The number of nitrogens with zero attached hydrogens (tertiary/aromatic N) is 3. The van der Waals surface area contributed by atoms with E-state index < -0.39 is 0 Å². The molecule has 0 radical (unpaired) electrons. The van der Waals surface area contributed by atoms with E-state index in [4.69, 9.17) is 5.21 Å². The van der Waals surface area contributed by atoms with E-state index in [0.717, 1.165) is 44.9 Å². The van der Waals surface area contributed by atoms with Gasteiger partial charge in [0, 0.05) is 32.6 Å². The van der Waals surface area contributed by atoms with Crippen LogP contribution >= 0.6 is 0 Å². The van der Waals surface area contributed by atoms with Crippen molar-refractivity contribution in [2.24, 2.45) is 0 Å². The van der Waals surface area contributed by atoms with Gasteiger partial charge < -0.3 is 9.80 Å². The first-order valence-electron chi connectivity index (χ1n) is 13.9. The molecule has 2 aromatic carbocycles. The second kappa shape index (κ2) is 14.1. The smallest absolute Gasteiger partial charge is 0.243 e. The molecule has 38 heavy (non-hydrogen) atoms. The van der Waals surface area contributed by atoms with Gasteiger partial charge in [-0.15, -0.1) is 0 Å². The van der Waals surface area contributed by atoms with Gasteiger partial charge in [-0.3, -0.25) is 24.5 Å². The van der Waals surface area contributed by atoms with Crippen molar-refractivity contribution in [3.63, 3.8) is 0 Å². The Labute approximate surface area is 225 Å². The summed E-state index contributed by atoms with van der Waals surface area (Å²) in [6.07, 6.45) is 6.52. The Morgan fingerprint density at radius 3 is 1.71 bits per heavy atom. The third-order valence-corrected chi connectivity index (χ3v) is 7.69. The fraction of sp³-hybridized carbons (Fsp3) is 0.500. The van der Waals surface area contributed by atoms with E-state index in [0.29, 0.717) is 39.1 Å². The number of unbranched alkanes of at least 4 members (excludes halogenated alkanes) is 4. The van der Waals surface area contributed by atoms with Crippen molar-refractivity contribution < 1.29 is 19.6 Å². The van der Waals surface area contributed by atoms with Crippen LogP contribution in [0.2, 0.25) is 0 Å². The van der Waals surface area contributed by atoms with E-state index >= 15 is 0 Å². The van der Waals surface area contributed by atoms with Crippen molar-refractivity contribution in [3.05, 3.63) is 70.8 Å². The molecule has 2 aliphatic heterocycles. The van der Waals surface area contributed by atoms with Gasteiger partial charge in [-0.25, -0.2) is 5.48 Å². The summed E-state index contributed by atoms with van der Waals surface area (Å²) < 4.78 is 0. The van der Waals surface area contributed by atoms with Crippen LogP contribution in [0.4, 0.5) is 0 Å². The molecule has 0 aliphatic carbocycles. The molecule has 4 rings (SSSR count). The monoisotopic (exact) mass is 520 g/mol. The molecule has 8 nitrogen and oxygen atoms in total. The molecule has 0 atom stereocenters. The molecule has 0 spiro atoms. The number of hydrogen-bond donors (Lipinski definition) is 2. The number of nitrogens with one attached hydrogen (secondary N) is 1. The maximum atomic E-state index is 13.3. The third-order valence-electron chi connectivity index (χ3n) is 7.69. The first-order valence-corrected chi connectivity index (χ1v) is 13.9. The summed E-state index contributed by atoms with van der Waals surface area (Å²) in [4.78, 5) is 43.6. The molecule has 3 amide bonds. The quantitative estimate of drug-likeness (QED) is 0.255. The standard InChI is InChI=1S/C30H40N4O4/c35-28(31-38)14-4-2-1-3-9-17-32(22-29(36)33-18-15-24-10-5-7-12-26(24)20-33)23-30(37)34-19-16-25-11-6-8-13-27(25)21-34/h5-8,10-13,38H,1-4,9,14-23H2,(H,31,35). The Morgan fingerprint density at radius 2 is 1.18 bits per heavy atom. The molecule has 8 heteroatoms. The Balaban J connectivity index is 1.31. The molecule has 0 fully saturated rings. The largest absolute Gasteiger partial charge is 0.337 e. The van der Waals surface area contributed by atoms with Gasteiger partial charge in [-0.1, -0.05) is 67.8 Å². The molecule has 2 aliphatic rings. The van der Waals surface area contributed by atoms with Crippen molar-refractivity contribution in [2.45, 2.75) is 64.5 Å². The zero-order chi connectivity index (χ0) is 26.7. The maximum absolute atomic E-state index is 13.3. The summed E-state index contributed by atoms with van der Waals surface area (Å²) in [5.41, 5.74) is 6.70. The zero-order valence-electron chi connectivity index (χ0n) is 22.2. The van der Waals surface area contributed by atoms with Gasteiger partial charge in [0.05, 0.1) is 13.1 Å². The Morgan fingerprint density at radius 1 is 0.711 bits per heavy atom. The van der Waals surface area contributed by atoms with Gasteiger partial charge in [-0.2, -0.15) is 0 Å². The molecule has 204 valence electrons. The predicted octanol–water partition coefficient (Wildman–Crippen LogP) is 3.30. The summed E-state index contributed by atoms with van der Waals surface area (Å²) in [7, 11) is 0. The van der Waals surface area contributed by atoms with Crippen molar-refractivity contribution in [1.29, 1.82) is 0 Å². The minimum Gasteiger partial charge on any atom is -0.337 e. The number of hydroxylamine groups is 1. The lowest BCUT2D eigenvalue weighted by Crippen LogP contribution is -2.47. The summed E-state index contributed by atoms with van der Waals surface area (Å²) >= 11 is 0. The minimum absolute atomic E-state index is 0.0753. The first-order chi connectivity index (χ1) is 18.5. The molecule has 2 N–H and O–H groups in total. The van der Waals surface area contributed by atoms with Crippen LogP contribution in [0, 0.1) is 0 Å². The van der Waals surface area contributed by atoms with Crippen LogP contribution in [-0.4, -0.2) is 70.4 Å². The number of carbonyl (C=O) groups is 3. The Hall–Kier alpha value is -3.23. The average molecular weight is 521 g/mol. The van der Waals surface area contributed by atoms with Gasteiger partial charge in [0.25, 0.3) is 0 Å². The number of hydrogen-bond acceptors (Lipinski definition) is 5. The Kier molecular flexibility index (Phi) is 10.3. The molecular weight excluding hydrogens is 480 g/mol. The third kappa shape index (κ3) is 7.88. The maximum Gasteiger partial charge on any atom is 0.243 e. The van der Waals surface area contributed by atoms with E-state index in [1.54, 1.807) is 5.48 Å². The van der Waals surface area contributed by atoms with Gasteiger partial charge in [0.15, 0.2) is 0 Å². The van der Waals surface area contributed by atoms with Crippen LogP contribution in [0.3, 0.4) is 0 Å². The molecule has 0 unspecified atom stereocenters. The number of rotatable bonds is 12. The molecule has 0 saturated heterocycles. The number of fused-ring (bicyclic) bond motifs is 2. The lowest BCUT2D eigenvalue weighted by molar-refractivity contribution is -0.136. The number of carbonyl (C=O) groups excluding carboxylic acids is 3. The minimum atomic E-state index is -0.353. The molecule has 0 bridgehead atoms. The van der Waals surface area contributed by atoms with Gasteiger partial charge in [0.1, 0.15) is 0 Å². The fourth-order valence-electron chi connectivity index (χ4n) is 5.42. The highest BCUT2D eigenvalue weighted by Crippen LogP contribution is 2.20. The molecule has 2 heterocycles. The van der Waals surface area contributed by atoms with Crippen LogP contribution in [0.5, 0.6) is 0 Å². The predicted molar refractivity (Wildman–Crippen MR) is 145 cm³/mol. The average Bonchev–Trinajstić information content (AvgIpc) is 2.95. The molecular formula is C30H40N4O4. The van der Waals surface area contributed by atoms with Crippen molar-refractivity contribution >= 4 is 17.7 Å².